The Morgan fingerprint density at radius 2 is 2.00 bits per heavy atom. The summed E-state index contributed by atoms with van der Waals surface area (Å²) in [6, 6.07) is 4.03. The number of hydrogen-bond donors (Lipinski definition) is 1. The molecule has 0 amide bonds. The van der Waals surface area contributed by atoms with Gasteiger partial charge in [0, 0.05) is 26.0 Å². The Balaban J connectivity index is 1.94. The molecule has 6 heteroatoms. The van der Waals surface area contributed by atoms with Crippen molar-refractivity contribution in [1.29, 1.82) is 0 Å². The summed E-state index contributed by atoms with van der Waals surface area (Å²) in [4.78, 5) is 8.41. The number of pyridine rings is 1. The van der Waals surface area contributed by atoms with E-state index in [1.807, 2.05) is 35.4 Å². The lowest BCUT2D eigenvalue weighted by molar-refractivity contribution is 0.679. The SMILES string of the molecule is Cc1nn(C)c2c1nc(N)n2CCc1ccncc1. The molecule has 0 saturated carbocycles. The van der Waals surface area contributed by atoms with Crippen LogP contribution in [-0.2, 0) is 20.0 Å². The molecule has 0 bridgehead atoms. The first-order valence-electron chi connectivity index (χ1n) is 6.21. The van der Waals surface area contributed by atoms with Gasteiger partial charge in [0.25, 0.3) is 0 Å². The highest BCUT2D eigenvalue weighted by atomic mass is 15.3. The molecular formula is C13H16N6. The zero-order valence-electron chi connectivity index (χ0n) is 11.0. The first-order valence-corrected chi connectivity index (χ1v) is 6.21. The molecule has 3 rings (SSSR count). The second-order valence-electron chi connectivity index (χ2n) is 4.61. The van der Waals surface area contributed by atoms with Crippen LogP contribution in [0.2, 0.25) is 0 Å². The van der Waals surface area contributed by atoms with Gasteiger partial charge in [0.1, 0.15) is 5.52 Å². The molecule has 98 valence electrons. The number of anilines is 1. The summed E-state index contributed by atoms with van der Waals surface area (Å²) >= 11 is 0. The van der Waals surface area contributed by atoms with Crippen LogP contribution in [0, 0.1) is 6.92 Å². The van der Waals surface area contributed by atoms with Crippen LogP contribution < -0.4 is 5.73 Å². The number of fused-ring (bicyclic) bond motifs is 1. The summed E-state index contributed by atoms with van der Waals surface area (Å²) < 4.78 is 3.84. The van der Waals surface area contributed by atoms with Gasteiger partial charge in [-0.05, 0) is 31.0 Å². The van der Waals surface area contributed by atoms with Crippen molar-refractivity contribution in [3.05, 3.63) is 35.8 Å². The van der Waals surface area contributed by atoms with Gasteiger partial charge in [0.05, 0.1) is 5.69 Å². The molecule has 6 nitrogen and oxygen atoms in total. The zero-order chi connectivity index (χ0) is 13.4. The van der Waals surface area contributed by atoms with Crippen LogP contribution in [0.15, 0.2) is 24.5 Å². The van der Waals surface area contributed by atoms with Crippen molar-refractivity contribution < 1.29 is 0 Å². The third kappa shape index (κ3) is 1.95. The van der Waals surface area contributed by atoms with E-state index in [-0.39, 0.29) is 0 Å². The van der Waals surface area contributed by atoms with E-state index in [1.54, 1.807) is 12.4 Å². The van der Waals surface area contributed by atoms with E-state index in [1.165, 1.54) is 5.56 Å². The maximum atomic E-state index is 6.00. The number of rotatable bonds is 3. The second kappa shape index (κ2) is 4.38. The van der Waals surface area contributed by atoms with E-state index in [9.17, 15) is 0 Å². The van der Waals surface area contributed by atoms with Gasteiger partial charge in [0.15, 0.2) is 5.65 Å². The molecule has 3 aromatic heterocycles. The molecule has 0 radical (unpaired) electrons. The molecule has 0 atom stereocenters. The lowest BCUT2D eigenvalue weighted by Gasteiger charge is -2.06. The summed E-state index contributed by atoms with van der Waals surface area (Å²) in [5.74, 6) is 0.542. The molecule has 2 N–H and O–H groups in total. The molecule has 0 fully saturated rings. The summed E-state index contributed by atoms with van der Waals surface area (Å²) in [5.41, 5.74) is 10.00. The summed E-state index contributed by atoms with van der Waals surface area (Å²) in [6.07, 6.45) is 4.50. The Hall–Kier alpha value is -2.37. The zero-order valence-corrected chi connectivity index (χ0v) is 11.0. The number of nitrogen functional groups attached to an aromatic ring is 1. The molecule has 0 aromatic carbocycles. The normalized spacial score (nSPS) is 11.3. The predicted molar refractivity (Wildman–Crippen MR) is 73.6 cm³/mol. The third-order valence-electron chi connectivity index (χ3n) is 3.29. The van der Waals surface area contributed by atoms with E-state index >= 15 is 0 Å². The van der Waals surface area contributed by atoms with Crippen molar-refractivity contribution in [3.8, 4) is 0 Å². The number of aromatic nitrogens is 5. The first-order chi connectivity index (χ1) is 9.16. The molecular weight excluding hydrogens is 240 g/mol. The molecule has 19 heavy (non-hydrogen) atoms. The Morgan fingerprint density at radius 1 is 1.26 bits per heavy atom. The fourth-order valence-corrected chi connectivity index (χ4v) is 2.36. The van der Waals surface area contributed by atoms with E-state index < -0.39 is 0 Å². The number of imidazole rings is 1. The van der Waals surface area contributed by atoms with Crippen LogP contribution in [0.4, 0.5) is 5.95 Å². The summed E-state index contributed by atoms with van der Waals surface area (Å²) in [5, 5.41) is 4.37. The van der Waals surface area contributed by atoms with Crippen LogP contribution in [0.3, 0.4) is 0 Å². The molecule has 0 aliphatic heterocycles. The van der Waals surface area contributed by atoms with Crippen molar-refractivity contribution in [2.75, 3.05) is 5.73 Å². The van der Waals surface area contributed by atoms with E-state index in [2.05, 4.69) is 15.1 Å². The van der Waals surface area contributed by atoms with Crippen molar-refractivity contribution in [2.24, 2.45) is 7.05 Å². The molecule has 0 saturated heterocycles. The van der Waals surface area contributed by atoms with Gasteiger partial charge in [-0.3, -0.25) is 14.2 Å². The Kier molecular flexibility index (Phi) is 2.70. The van der Waals surface area contributed by atoms with Gasteiger partial charge < -0.3 is 5.73 Å². The van der Waals surface area contributed by atoms with Crippen LogP contribution in [0.5, 0.6) is 0 Å². The number of nitrogens with two attached hydrogens (primary N) is 1. The molecule has 3 heterocycles. The lowest BCUT2D eigenvalue weighted by Crippen LogP contribution is -2.08. The Labute approximate surface area is 110 Å². The predicted octanol–water partition coefficient (Wildman–Crippen LogP) is 1.30. The average Bonchev–Trinajstić information content (AvgIpc) is 2.87. The average molecular weight is 256 g/mol. The van der Waals surface area contributed by atoms with E-state index in [0.29, 0.717) is 5.95 Å². The minimum atomic E-state index is 0.542. The standard InChI is InChI=1S/C13H16N6/c1-9-11-12(18(2)17-9)19(13(14)16-11)8-5-10-3-6-15-7-4-10/h3-4,6-7H,5,8H2,1-2H3,(H2,14,16). The van der Waals surface area contributed by atoms with Gasteiger partial charge in [-0.1, -0.05) is 0 Å². The van der Waals surface area contributed by atoms with Gasteiger partial charge in [-0.2, -0.15) is 5.10 Å². The van der Waals surface area contributed by atoms with Crippen LogP contribution >= 0.6 is 0 Å². The summed E-state index contributed by atoms with van der Waals surface area (Å²) in [7, 11) is 1.92. The monoisotopic (exact) mass is 256 g/mol. The second-order valence-corrected chi connectivity index (χ2v) is 4.61. The van der Waals surface area contributed by atoms with Gasteiger partial charge >= 0.3 is 0 Å². The highest BCUT2D eigenvalue weighted by Crippen LogP contribution is 2.20. The van der Waals surface area contributed by atoms with Gasteiger partial charge in [-0.25, -0.2) is 4.98 Å². The number of nitrogens with zero attached hydrogens (tertiary/aromatic N) is 5. The molecule has 0 unspecified atom stereocenters. The third-order valence-corrected chi connectivity index (χ3v) is 3.29. The minimum Gasteiger partial charge on any atom is -0.369 e. The van der Waals surface area contributed by atoms with Gasteiger partial charge in [-0.15, -0.1) is 0 Å². The number of hydrogen-bond acceptors (Lipinski definition) is 4. The molecule has 0 spiro atoms. The van der Waals surface area contributed by atoms with Crippen LogP contribution in [0.1, 0.15) is 11.3 Å². The van der Waals surface area contributed by atoms with Gasteiger partial charge in [0.2, 0.25) is 5.95 Å². The fraction of sp³-hybridized carbons (Fsp3) is 0.308. The Morgan fingerprint density at radius 3 is 2.74 bits per heavy atom. The Bertz CT molecular complexity index is 710. The summed E-state index contributed by atoms with van der Waals surface area (Å²) in [6.45, 7) is 2.73. The van der Waals surface area contributed by atoms with Crippen molar-refractivity contribution in [3.63, 3.8) is 0 Å². The minimum absolute atomic E-state index is 0.542. The van der Waals surface area contributed by atoms with Crippen LogP contribution in [-0.4, -0.2) is 24.3 Å². The van der Waals surface area contributed by atoms with E-state index in [4.69, 9.17) is 5.73 Å². The number of aryl methyl sites for hydroxylation is 4. The highest BCUT2D eigenvalue weighted by Gasteiger charge is 2.15. The van der Waals surface area contributed by atoms with Crippen molar-refractivity contribution in [1.82, 2.24) is 24.3 Å². The maximum absolute atomic E-state index is 6.00. The fourth-order valence-electron chi connectivity index (χ4n) is 2.36. The largest absolute Gasteiger partial charge is 0.369 e. The quantitative estimate of drug-likeness (QED) is 0.766. The first kappa shape index (κ1) is 11.7. The smallest absolute Gasteiger partial charge is 0.202 e. The molecule has 0 aliphatic rings. The topological polar surface area (TPSA) is 74.6 Å². The van der Waals surface area contributed by atoms with Crippen LogP contribution in [0.25, 0.3) is 11.2 Å². The highest BCUT2D eigenvalue weighted by molar-refractivity contribution is 5.77. The lowest BCUT2D eigenvalue weighted by atomic mass is 10.2. The molecule has 3 aromatic rings. The molecule has 0 aliphatic carbocycles. The maximum Gasteiger partial charge on any atom is 0.202 e. The van der Waals surface area contributed by atoms with E-state index in [0.717, 1.165) is 29.8 Å². The van der Waals surface area contributed by atoms with Crippen molar-refractivity contribution in [2.45, 2.75) is 19.9 Å². The van der Waals surface area contributed by atoms with Crippen molar-refractivity contribution >= 4 is 17.1 Å².